The van der Waals surface area contributed by atoms with Gasteiger partial charge in [0.2, 0.25) is 0 Å². The fourth-order valence-corrected chi connectivity index (χ4v) is 2.86. The quantitative estimate of drug-likeness (QED) is 0.913. The molecular weight excluding hydrogens is 246 g/mol. The van der Waals surface area contributed by atoms with Gasteiger partial charge in [-0.2, -0.15) is 0 Å². The van der Waals surface area contributed by atoms with Crippen LogP contribution in [0.2, 0.25) is 0 Å². The highest BCUT2D eigenvalue weighted by molar-refractivity contribution is 5.37. The molecule has 0 saturated carbocycles. The van der Waals surface area contributed by atoms with Gasteiger partial charge in [-0.15, -0.1) is 0 Å². The zero-order chi connectivity index (χ0) is 13.9. The summed E-state index contributed by atoms with van der Waals surface area (Å²) in [6.45, 7) is 5.25. The van der Waals surface area contributed by atoms with Crippen molar-refractivity contribution < 1.29 is 4.74 Å². The van der Waals surface area contributed by atoms with Crippen LogP contribution in [0.4, 0.5) is 0 Å². The first-order valence-corrected chi connectivity index (χ1v) is 7.27. The van der Waals surface area contributed by atoms with E-state index in [2.05, 4.69) is 61.6 Å². The Kier molecular flexibility index (Phi) is 3.75. The van der Waals surface area contributed by atoms with Crippen molar-refractivity contribution in [3.05, 3.63) is 65.2 Å². The lowest BCUT2D eigenvalue weighted by molar-refractivity contribution is 0.222. The second-order valence-electron chi connectivity index (χ2n) is 5.54. The van der Waals surface area contributed by atoms with E-state index in [0.29, 0.717) is 6.04 Å². The zero-order valence-corrected chi connectivity index (χ0v) is 12.1. The van der Waals surface area contributed by atoms with Crippen LogP contribution < -0.4 is 10.1 Å². The van der Waals surface area contributed by atoms with Crippen LogP contribution in [0.1, 0.15) is 29.7 Å². The van der Waals surface area contributed by atoms with Gasteiger partial charge < -0.3 is 10.1 Å². The van der Waals surface area contributed by atoms with Crippen LogP contribution in [0.3, 0.4) is 0 Å². The third kappa shape index (κ3) is 2.70. The summed E-state index contributed by atoms with van der Waals surface area (Å²) in [5.74, 6) is 1.04. The first kappa shape index (κ1) is 13.2. The van der Waals surface area contributed by atoms with Gasteiger partial charge in [-0.1, -0.05) is 42.5 Å². The van der Waals surface area contributed by atoms with E-state index in [0.717, 1.165) is 18.7 Å². The third-order valence-corrected chi connectivity index (χ3v) is 4.02. The molecule has 2 aromatic rings. The highest BCUT2D eigenvalue weighted by Gasteiger charge is 2.22. The largest absolute Gasteiger partial charge is 0.488 e. The van der Waals surface area contributed by atoms with Crippen molar-refractivity contribution in [2.45, 2.75) is 32.4 Å². The normalized spacial score (nSPS) is 18.4. The van der Waals surface area contributed by atoms with Gasteiger partial charge in [0.1, 0.15) is 11.9 Å². The molecule has 1 N–H and O–H groups in total. The van der Waals surface area contributed by atoms with E-state index in [9.17, 15) is 0 Å². The molecule has 0 radical (unpaired) electrons. The van der Waals surface area contributed by atoms with E-state index in [-0.39, 0.29) is 6.10 Å². The SMILES string of the molecule is Cc1ccccc1C(C)NCC1Cc2ccccc2O1. The molecular formula is C18H21NO. The summed E-state index contributed by atoms with van der Waals surface area (Å²) in [6.07, 6.45) is 1.25. The smallest absolute Gasteiger partial charge is 0.123 e. The second kappa shape index (κ2) is 5.68. The number of nitrogens with one attached hydrogen (secondary N) is 1. The van der Waals surface area contributed by atoms with Crippen LogP contribution >= 0.6 is 0 Å². The van der Waals surface area contributed by atoms with Crippen LogP contribution in [0.25, 0.3) is 0 Å². The Morgan fingerprint density at radius 3 is 2.70 bits per heavy atom. The van der Waals surface area contributed by atoms with E-state index in [1.165, 1.54) is 16.7 Å². The highest BCUT2D eigenvalue weighted by Crippen LogP contribution is 2.28. The molecule has 20 heavy (non-hydrogen) atoms. The van der Waals surface area contributed by atoms with Crippen molar-refractivity contribution in [3.63, 3.8) is 0 Å². The van der Waals surface area contributed by atoms with Gasteiger partial charge in [0.15, 0.2) is 0 Å². The van der Waals surface area contributed by atoms with Gasteiger partial charge in [0.25, 0.3) is 0 Å². The molecule has 0 saturated heterocycles. The molecule has 0 amide bonds. The molecule has 0 aromatic heterocycles. The molecule has 2 atom stereocenters. The number of rotatable bonds is 4. The molecule has 1 aliphatic heterocycles. The van der Waals surface area contributed by atoms with Crippen molar-refractivity contribution in [3.8, 4) is 5.75 Å². The van der Waals surface area contributed by atoms with E-state index in [1.807, 2.05) is 6.07 Å². The molecule has 2 nitrogen and oxygen atoms in total. The Morgan fingerprint density at radius 2 is 1.90 bits per heavy atom. The Hall–Kier alpha value is -1.80. The van der Waals surface area contributed by atoms with Crippen molar-refractivity contribution >= 4 is 0 Å². The lowest BCUT2D eigenvalue weighted by Gasteiger charge is -2.19. The summed E-state index contributed by atoms with van der Waals surface area (Å²) in [6, 6.07) is 17.2. The van der Waals surface area contributed by atoms with E-state index < -0.39 is 0 Å². The molecule has 2 unspecified atom stereocenters. The fraction of sp³-hybridized carbons (Fsp3) is 0.333. The lowest BCUT2D eigenvalue weighted by atomic mass is 10.0. The Balaban J connectivity index is 1.58. The highest BCUT2D eigenvalue weighted by atomic mass is 16.5. The maximum Gasteiger partial charge on any atom is 0.123 e. The Morgan fingerprint density at radius 1 is 1.15 bits per heavy atom. The standard InChI is InChI=1S/C18H21NO/c1-13-7-3-5-9-17(13)14(2)19-12-16-11-15-8-4-6-10-18(15)20-16/h3-10,14,16,19H,11-12H2,1-2H3. The maximum atomic E-state index is 5.96. The number of benzene rings is 2. The van der Waals surface area contributed by atoms with Crippen molar-refractivity contribution in [2.24, 2.45) is 0 Å². The molecule has 0 fully saturated rings. The minimum Gasteiger partial charge on any atom is -0.488 e. The van der Waals surface area contributed by atoms with Crippen molar-refractivity contribution in [1.29, 1.82) is 0 Å². The van der Waals surface area contributed by atoms with E-state index >= 15 is 0 Å². The van der Waals surface area contributed by atoms with Crippen LogP contribution in [-0.2, 0) is 6.42 Å². The summed E-state index contributed by atoms with van der Waals surface area (Å²) >= 11 is 0. The predicted molar refractivity (Wildman–Crippen MR) is 82.2 cm³/mol. The monoisotopic (exact) mass is 267 g/mol. The summed E-state index contributed by atoms with van der Waals surface area (Å²) in [5.41, 5.74) is 4.02. The number of hydrogen-bond donors (Lipinski definition) is 1. The fourth-order valence-electron chi connectivity index (χ4n) is 2.86. The molecule has 1 aliphatic rings. The topological polar surface area (TPSA) is 21.3 Å². The van der Waals surface area contributed by atoms with Crippen molar-refractivity contribution in [2.75, 3.05) is 6.54 Å². The maximum absolute atomic E-state index is 5.96. The first-order chi connectivity index (χ1) is 9.74. The minimum absolute atomic E-state index is 0.249. The van der Waals surface area contributed by atoms with E-state index in [4.69, 9.17) is 4.74 Å². The van der Waals surface area contributed by atoms with Gasteiger partial charge in [-0.05, 0) is 36.6 Å². The number of hydrogen-bond acceptors (Lipinski definition) is 2. The number of fused-ring (bicyclic) bond motifs is 1. The number of aryl methyl sites for hydroxylation is 1. The molecule has 1 heterocycles. The summed E-state index contributed by atoms with van der Waals surface area (Å²) in [5, 5.41) is 3.59. The van der Waals surface area contributed by atoms with Gasteiger partial charge in [-0.25, -0.2) is 0 Å². The van der Waals surface area contributed by atoms with Crippen molar-refractivity contribution in [1.82, 2.24) is 5.32 Å². The predicted octanol–water partition coefficient (Wildman–Crippen LogP) is 3.65. The molecule has 0 aliphatic carbocycles. The van der Waals surface area contributed by atoms with Gasteiger partial charge >= 0.3 is 0 Å². The van der Waals surface area contributed by atoms with Gasteiger partial charge in [0, 0.05) is 19.0 Å². The van der Waals surface area contributed by atoms with Gasteiger partial charge in [0.05, 0.1) is 0 Å². The molecule has 2 aromatic carbocycles. The molecule has 0 spiro atoms. The summed E-state index contributed by atoms with van der Waals surface area (Å²) in [7, 11) is 0. The first-order valence-electron chi connectivity index (χ1n) is 7.27. The van der Waals surface area contributed by atoms with Crippen LogP contribution in [0.5, 0.6) is 5.75 Å². The second-order valence-corrected chi connectivity index (χ2v) is 5.54. The Labute approximate surface area is 120 Å². The number of para-hydroxylation sites is 1. The lowest BCUT2D eigenvalue weighted by Crippen LogP contribution is -2.32. The zero-order valence-electron chi connectivity index (χ0n) is 12.1. The summed E-state index contributed by atoms with van der Waals surface area (Å²) in [4.78, 5) is 0. The van der Waals surface area contributed by atoms with Crippen LogP contribution in [-0.4, -0.2) is 12.6 Å². The Bertz CT molecular complexity index is 568. The molecule has 104 valence electrons. The average Bonchev–Trinajstić information content (AvgIpc) is 2.88. The third-order valence-electron chi connectivity index (χ3n) is 4.02. The number of ether oxygens (including phenoxy) is 1. The molecule has 0 bridgehead atoms. The molecule has 2 heteroatoms. The van der Waals surface area contributed by atoms with Gasteiger partial charge in [-0.3, -0.25) is 0 Å². The summed E-state index contributed by atoms with van der Waals surface area (Å²) < 4.78 is 5.96. The van der Waals surface area contributed by atoms with Crippen LogP contribution in [0, 0.1) is 6.92 Å². The molecule has 3 rings (SSSR count). The van der Waals surface area contributed by atoms with E-state index in [1.54, 1.807) is 0 Å². The van der Waals surface area contributed by atoms with Crippen LogP contribution in [0.15, 0.2) is 48.5 Å². The average molecular weight is 267 g/mol. The minimum atomic E-state index is 0.249.